The fourth-order valence-corrected chi connectivity index (χ4v) is 5.26. The van der Waals surface area contributed by atoms with E-state index in [0.717, 1.165) is 22.9 Å². The van der Waals surface area contributed by atoms with Gasteiger partial charge in [-0.25, -0.2) is 8.42 Å². The van der Waals surface area contributed by atoms with Crippen molar-refractivity contribution >= 4 is 26.0 Å². The number of hydrogen-bond acceptors (Lipinski definition) is 3. The molecule has 1 saturated heterocycles. The monoisotopic (exact) mass is 358 g/mol. The normalized spacial score (nSPS) is 30.6. The predicted molar refractivity (Wildman–Crippen MR) is 81.8 cm³/mol. The van der Waals surface area contributed by atoms with Gasteiger partial charge in [0.25, 0.3) is 0 Å². The van der Waals surface area contributed by atoms with Crippen LogP contribution < -0.4 is 5.73 Å². The lowest BCUT2D eigenvalue weighted by Gasteiger charge is -2.19. The van der Waals surface area contributed by atoms with E-state index >= 15 is 0 Å². The first-order chi connectivity index (χ1) is 9.39. The molecule has 20 heavy (non-hydrogen) atoms. The maximum Gasteiger partial charge on any atom is 0.243 e. The summed E-state index contributed by atoms with van der Waals surface area (Å²) >= 11 is 3.40. The minimum atomic E-state index is -3.39. The molecular weight excluding hydrogens is 340 g/mol. The number of fused-ring (bicyclic) bond motifs is 1. The van der Waals surface area contributed by atoms with Gasteiger partial charge in [0.2, 0.25) is 10.0 Å². The Balaban J connectivity index is 1.88. The van der Waals surface area contributed by atoms with E-state index in [-0.39, 0.29) is 6.04 Å². The van der Waals surface area contributed by atoms with Crippen LogP contribution >= 0.6 is 15.9 Å². The minimum Gasteiger partial charge on any atom is -0.327 e. The molecule has 1 heterocycles. The molecule has 3 rings (SSSR count). The van der Waals surface area contributed by atoms with Crippen LogP contribution in [0.4, 0.5) is 0 Å². The molecule has 4 nitrogen and oxygen atoms in total. The Bertz CT molecular complexity index is 632. The largest absolute Gasteiger partial charge is 0.327 e. The number of nitrogens with zero attached hydrogens (tertiary/aromatic N) is 1. The minimum absolute atomic E-state index is 0.159. The maximum absolute atomic E-state index is 12.7. The van der Waals surface area contributed by atoms with Gasteiger partial charge in [-0.05, 0) is 55.4 Å². The van der Waals surface area contributed by atoms with Gasteiger partial charge in [0.1, 0.15) is 0 Å². The van der Waals surface area contributed by atoms with Crippen LogP contribution in [0.2, 0.25) is 0 Å². The van der Waals surface area contributed by atoms with E-state index in [4.69, 9.17) is 5.73 Å². The van der Waals surface area contributed by atoms with Crippen molar-refractivity contribution in [3.05, 3.63) is 28.2 Å². The van der Waals surface area contributed by atoms with E-state index in [2.05, 4.69) is 15.9 Å². The molecule has 0 amide bonds. The van der Waals surface area contributed by atoms with E-state index in [1.54, 1.807) is 22.5 Å². The number of sulfonamides is 1. The van der Waals surface area contributed by atoms with Gasteiger partial charge in [-0.1, -0.05) is 15.9 Å². The van der Waals surface area contributed by atoms with Crippen LogP contribution in [-0.4, -0.2) is 31.9 Å². The summed E-state index contributed by atoms with van der Waals surface area (Å²) in [5, 5.41) is 0. The number of aryl methyl sites for hydroxylation is 1. The van der Waals surface area contributed by atoms with Gasteiger partial charge in [-0.3, -0.25) is 0 Å². The van der Waals surface area contributed by atoms with Crippen molar-refractivity contribution in [3.63, 3.8) is 0 Å². The lowest BCUT2D eigenvalue weighted by atomic mass is 9.98. The van der Waals surface area contributed by atoms with Crippen LogP contribution in [0.15, 0.2) is 27.6 Å². The zero-order valence-corrected chi connectivity index (χ0v) is 13.8. The number of benzene rings is 1. The second kappa shape index (κ2) is 5.09. The molecule has 2 N–H and O–H groups in total. The molecule has 1 aliphatic carbocycles. The molecule has 1 aromatic rings. The number of hydrogen-bond donors (Lipinski definition) is 1. The molecule has 1 saturated carbocycles. The third kappa shape index (κ3) is 2.32. The third-order valence-electron chi connectivity index (χ3n) is 4.65. The Kier molecular flexibility index (Phi) is 3.69. The van der Waals surface area contributed by atoms with Gasteiger partial charge in [-0.2, -0.15) is 4.31 Å². The first kappa shape index (κ1) is 14.5. The van der Waals surface area contributed by atoms with Crippen LogP contribution in [0.3, 0.4) is 0 Å². The standard InChI is InChI=1S/C14H19BrN2O2S/c1-9-6-11(3-4-13(9)15)20(18,19)17-7-10-2-5-14(16)12(10)8-17/h3-4,6,10,12,14H,2,5,7-8,16H2,1H3. The van der Waals surface area contributed by atoms with Gasteiger partial charge in [0.15, 0.2) is 0 Å². The van der Waals surface area contributed by atoms with Gasteiger partial charge >= 0.3 is 0 Å². The quantitative estimate of drug-likeness (QED) is 0.880. The Labute approximate surface area is 128 Å². The Morgan fingerprint density at radius 2 is 2.05 bits per heavy atom. The molecule has 3 unspecified atom stereocenters. The average Bonchev–Trinajstić information content (AvgIpc) is 2.96. The molecule has 1 aliphatic heterocycles. The molecule has 110 valence electrons. The van der Waals surface area contributed by atoms with Gasteiger partial charge in [0, 0.05) is 23.6 Å². The van der Waals surface area contributed by atoms with Crippen molar-refractivity contribution in [2.75, 3.05) is 13.1 Å². The number of halogens is 1. The topological polar surface area (TPSA) is 63.4 Å². The van der Waals surface area contributed by atoms with Gasteiger partial charge in [-0.15, -0.1) is 0 Å². The van der Waals surface area contributed by atoms with Crippen molar-refractivity contribution in [1.29, 1.82) is 0 Å². The Morgan fingerprint density at radius 3 is 2.70 bits per heavy atom. The fraction of sp³-hybridized carbons (Fsp3) is 0.571. The van der Waals surface area contributed by atoms with E-state index in [0.29, 0.717) is 29.8 Å². The molecule has 0 bridgehead atoms. The molecule has 0 radical (unpaired) electrons. The van der Waals surface area contributed by atoms with Crippen LogP contribution in [0.1, 0.15) is 18.4 Å². The highest BCUT2D eigenvalue weighted by atomic mass is 79.9. The SMILES string of the molecule is Cc1cc(S(=O)(=O)N2CC3CCC(N)C3C2)ccc1Br. The van der Waals surface area contributed by atoms with Crippen molar-refractivity contribution in [1.82, 2.24) is 4.31 Å². The Morgan fingerprint density at radius 1 is 1.30 bits per heavy atom. The van der Waals surface area contributed by atoms with Crippen LogP contribution in [-0.2, 0) is 10.0 Å². The van der Waals surface area contributed by atoms with Crippen LogP contribution in [0.5, 0.6) is 0 Å². The highest BCUT2D eigenvalue weighted by Crippen LogP contribution is 2.39. The zero-order valence-electron chi connectivity index (χ0n) is 11.4. The lowest BCUT2D eigenvalue weighted by molar-refractivity contribution is 0.427. The van der Waals surface area contributed by atoms with E-state index < -0.39 is 10.0 Å². The fourth-order valence-electron chi connectivity index (χ4n) is 3.39. The predicted octanol–water partition coefficient (Wildman–Crippen LogP) is 2.12. The average molecular weight is 359 g/mol. The summed E-state index contributed by atoms with van der Waals surface area (Å²) in [6.07, 6.45) is 2.08. The molecular formula is C14H19BrN2O2S. The van der Waals surface area contributed by atoms with Crippen LogP contribution in [0, 0.1) is 18.8 Å². The molecule has 3 atom stereocenters. The first-order valence-corrected chi connectivity index (χ1v) is 9.15. The summed E-state index contributed by atoms with van der Waals surface area (Å²) in [7, 11) is -3.39. The zero-order chi connectivity index (χ0) is 14.5. The Hall–Kier alpha value is -0.430. The second-order valence-corrected chi connectivity index (χ2v) is 8.69. The van der Waals surface area contributed by atoms with Crippen molar-refractivity contribution in [2.24, 2.45) is 17.6 Å². The van der Waals surface area contributed by atoms with Crippen molar-refractivity contribution < 1.29 is 8.42 Å². The highest BCUT2D eigenvalue weighted by Gasteiger charge is 2.45. The first-order valence-electron chi connectivity index (χ1n) is 6.91. The molecule has 2 fully saturated rings. The number of nitrogens with two attached hydrogens (primary N) is 1. The maximum atomic E-state index is 12.7. The van der Waals surface area contributed by atoms with Gasteiger partial charge in [0.05, 0.1) is 4.90 Å². The smallest absolute Gasteiger partial charge is 0.243 e. The molecule has 6 heteroatoms. The molecule has 0 aromatic heterocycles. The van der Waals surface area contributed by atoms with Crippen LogP contribution in [0.25, 0.3) is 0 Å². The second-order valence-electron chi connectivity index (χ2n) is 5.90. The summed E-state index contributed by atoms with van der Waals surface area (Å²) in [5.41, 5.74) is 7.01. The number of rotatable bonds is 2. The highest BCUT2D eigenvalue weighted by molar-refractivity contribution is 9.10. The molecule has 2 aliphatic rings. The summed E-state index contributed by atoms with van der Waals surface area (Å²) < 4.78 is 28.0. The van der Waals surface area contributed by atoms with E-state index in [1.807, 2.05) is 6.92 Å². The molecule has 0 spiro atoms. The van der Waals surface area contributed by atoms with E-state index in [1.165, 1.54) is 0 Å². The lowest BCUT2D eigenvalue weighted by Crippen LogP contribution is -2.33. The van der Waals surface area contributed by atoms with Gasteiger partial charge < -0.3 is 5.73 Å². The summed E-state index contributed by atoms with van der Waals surface area (Å²) in [4.78, 5) is 0.381. The van der Waals surface area contributed by atoms with E-state index in [9.17, 15) is 8.42 Å². The van der Waals surface area contributed by atoms with Crippen molar-refractivity contribution in [3.8, 4) is 0 Å². The molecule has 1 aromatic carbocycles. The third-order valence-corrected chi connectivity index (χ3v) is 7.36. The summed E-state index contributed by atoms with van der Waals surface area (Å²) in [6, 6.07) is 5.35. The summed E-state index contributed by atoms with van der Waals surface area (Å²) in [6.45, 7) is 3.09. The summed E-state index contributed by atoms with van der Waals surface area (Å²) in [5.74, 6) is 0.776. The van der Waals surface area contributed by atoms with Crippen molar-refractivity contribution in [2.45, 2.75) is 30.7 Å².